The summed E-state index contributed by atoms with van der Waals surface area (Å²) in [5.41, 5.74) is 1.07. The third-order valence-corrected chi connectivity index (χ3v) is 3.73. The van der Waals surface area contributed by atoms with E-state index in [4.69, 9.17) is 84.2 Å². The van der Waals surface area contributed by atoms with Crippen molar-refractivity contribution in [3.63, 3.8) is 0 Å². The van der Waals surface area contributed by atoms with Gasteiger partial charge in [0.15, 0.2) is 0 Å². The lowest BCUT2D eigenvalue weighted by Crippen LogP contribution is -2.42. The fraction of sp³-hybridized carbons (Fsp3) is 0.455. The van der Waals surface area contributed by atoms with Crippen molar-refractivity contribution in [1.82, 2.24) is 0 Å². The Morgan fingerprint density at radius 2 is 1.70 bits per heavy atom. The molecule has 9 heteroatoms. The van der Waals surface area contributed by atoms with Gasteiger partial charge in [-0.3, -0.25) is 0 Å². The van der Waals surface area contributed by atoms with Crippen LogP contribution in [0.1, 0.15) is 17.2 Å². The quantitative estimate of drug-likeness (QED) is 0.695. The maximum Gasteiger partial charge on any atom is 0.252 e. The van der Waals surface area contributed by atoms with Crippen molar-refractivity contribution in [2.75, 3.05) is 0 Å². The number of ether oxygens (including phenoxy) is 2. The van der Waals surface area contributed by atoms with E-state index in [2.05, 4.69) is 0 Å². The number of aliphatic hydroxyl groups is 1. The largest absolute Gasteiger partial charge is 0.460 e. The molecule has 1 aromatic carbocycles. The highest BCUT2D eigenvalue weighted by Crippen LogP contribution is 2.51. The highest BCUT2D eigenvalue weighted by Gasteiger charge is 2.48. The normalized spacial score (nSPS) is 23.1. The molecule has 0 aromatic heterocycles. The minimum Gasteiger partial charge on any atom is -0.460 e. The van der Waals surface area contributed by atoms with Crippen LogP contribution < -0.4 is 4.74 Å². The van der Waals surface area contributed by atoms with Crippen molar-refractivity contribution in [1.29, 1.82) is 0 Å². The molecular weight excluding hydrogens is 393 g/mol. The Kier molecular flexibility index (Phi) is 5.16. The molecule has 0 saturated heterocycles. The van der Waals surface area contributed by atoms with Gasteiger partial charge in [0.2, 0.25) is 10.1 Å². The maximum absolute atomic E-state index is 9.17. The number of alkyl halides is 6. The second kappa shape index (κ2) is 6.05. The number of hydrogen-bond acceptors (Lipinski definition) is 3. The molecule has 0 saturated carbocycles. The van der Waals surface area contributed by atoms with E-state index in [-0.39, 0.29) is 6.61 Å². The van der Waals surface area contributed by atoms with Crippen LogP contribution in [0.15, 0.2) is 18.2 Å². The zero-order valence-electron chi connectivity index (χ0n) is 9.63. The van der Waals surface area contributed by atoms with Gasteiger partial charge in [-0.15, -0.1) is 0 Å². The van der Waals surface area contributed by atoms with Crippen molar-refractivity contribution in [2.24, 2.45) is 0 Å². The van der Waals surface area contributed by atoms with E-state index in [1.807, 2.05) is 0 Å². The first-order valence-electron chi connectivity index (χ1n) is 5.32. The molecule has 1 aliphatic rings. The highest BCUT2D eigenvalue weighted by molar-refractivity contribution is 6.68. The molecule has 1 N–H and O–H groups in total. The first kappa shape index (κ1) is 17.0. The van der Waals surface area contributed by atoms with Crippen LogP contribution in [-0.2, 0) is 11.3 Å². The Bertz CT molecular complexity index is 496. The smallest absolute Gasteiger partial charge is 0.252 e. The summed E-state index contributed by atoms with van der Waals surface area (Å²) in [7, 11) is 0. The van der Waals surface area contributed by atoms with E-state index < -0.39 is 20.0 Å². The summed E-state index contributed by atoms with van der Waals surface area (Å²) in [5, 5.41) is 9.17. The molecule has 0 amide bonds. The molecule has 0 bridgehead atoms. The second-order valence-electron chi connectivity index (χ2n) is 4.08. The van der Waals surface area contributed by atoms with Crippen LogP contribution in [0.5, 0.6) is 5.75 Å². The van der Waals surface area contributed by atoms with Crippen LogP contribution in [0.4, 0.5) is 0 Å². The predicted molar refractivity (Wildman–Crippen MR) is 81.2 cm³/mol. The molecule has 20 heavy (non-hydrogen) atoms. The van der Waals surface area contributed by atoms with E-state index in [0.29, 0.717) is 16.9 Å². The summed E-state index contributed by atoms with van der Waals surface area (Å²) >= 11 is 35.0. The molecule has 0 spiro atoms. The van der Waals surface area contributed by atoms with Gasteiger partial charge in [-0.05, 0) is 17.7 Å². The summed E-state index contributed by atoms with van der Waals surface area (Å²) in [4.78, 5) is 0. The number of hydrogen-bond donors (Lipinski definition) is 1. The summed E-state index contributed by atoms with van der Waals surface area (Å²) in [6.07, 6.45) is -2.22. The summed E-state index contributed by atoms with van der Waals surface area (Å²) in [6.45, 7) is -0.173. The fourth-order valence-electron chi connectivity index (χ4n) is 1.75. The summed E-state index contributed by atoms with van der Waals surface area (Å²) < 4.78 is 7.25. The van der Waals surface area contributed by atoms with Gasteiger partial charge in [-0.2, -0.15) is 0 Å². The molecular formula is C11H8Cl6O3. The Morgan fingerprint density at radius 3 is 2.20 bits per heavy atom. The number of aliphatic hydroxyl groups excluding tert-OH is 1. The Labute approximate surface area is 145 Å². The summed E-state index contributed by atoms with van der Waals surface area (Å²) in [6, 6.07) is 4.85. The maximum atomic E-state index is 9.17. The van der Waals surface area contributed by atoms with E-state index in [9.17, 15) is 0 Å². The van der Waals surface area contributed by atoms with Gasteiger partial charge >= 0.3 is 0 Å². The SMILES string of the molecule is OCc1ccc2c(c1)C(C(Cl)(Cl)Cl)OC(C(Cl)(Cl)Cl)O2. The zero-order valence-corrected chi connectivity index (χ0v) is 14.2. The van der Waals surface area contributed by atoms with Gasteiger partial charge in [0.25, 0.3) is 3.79 Å². The lowest BCUT2D eigenvalue weighted by Gasteiger charge is -2.38. The van der Waals surface area contributed by atoms with Crippen LogP contribution in [0.25, 0.3) is 0 Å². The molecule has 0 fully saturated rings. The first-order chi connectivity index (χ1) is 9.13. The van der Waals surface area contributed by atoms with Crippen LogP contribution in [0.3, 0.4) is 0 Å². The van der Waals surface area contributed by atoms with Crippen LogP contribution in [0.2, 0.25) is 0 Å². The molecule has 3 nitrogen and oxygen atoms in total. The van der Waals surface area contributed by atoms with Gasteiger partial charge < -0.3 is 14.6 Å². The van der Waals surface area contributed by atoms with Crippen molar-refractivity contribution < 1.29 is 14.6 Å². The van der Waals surface area contributed by atoms with Crippen molar-refractivity contribution in [3.8, 4) is 5.75 Å². The standard InChI is InChI=1S/C11H8Cl6O3/c12-10(13,14)8-6-3-5(4-18)1-2-7(6)19-9(20-8)11(15,16)17/h1-3,8-9,18H,4H2. The van der Waals surface area contributed by atoms with Crippen molar-refractivity contribution >= 4 is 69.6 Å². The first-order valence-corrected chi connectivity index (χ1v) is 7.59. The molecule has 2 atom stereocenters. The molecule has 1 heterocycles. The fourth-order valence-corrected chi connectivity index (χ4v) is 2.54. The average molecular weight is 401 g/mol. The third kappa shape index (κ3) is 3.71. The zero-order chi connectivity index (χ0) is 15.1. The Hall–Kier alpha value is 0.680. The number of fused-ring (bicyclic) bond motifs is 1. The molecule has 0 aliphatic carbocycles. The molecule has 2 unspecified atom stereocenters. The van der Waals surface area contributed by atoms with Gasteiger partial charge in [0.1, 0.15) is 11.9 Å². The Morgan fingerprint density at radius 1 is 1.05 bits per heavy atom. The minimum absolute atomic E-state index is 0.173. The second-order valence-corrected chi connectivity index (χ2v) is 8.82. The van der Waals surface area contributed by atoms with Gasteiger partial charge in [0, 0.05) is 5.56 Å². The lowest BCUT2D eigenvalue weighted by atomic mass is 10.0. The number of rotatable bonds is 1. The van der Waals surface area contributed by atoms with Gasteiger partial charge in [-0.25, -0.2) is 0 Å². The molecule has 1 aliphatic heterocycles. The van der Waals surface area contributed by atoms with Gasteiger partial charge in [-0.1, -0.05) is 75.7 Å². The monoisotopic (exact) mass is 398 g/mol. The predicted octanol–water partition coefficient (Wildman–Crippen LogP) is 4.70. The topological polar surface area (TPSA) is 38.7 Å². The highest BCUT2D eigenvalue weighted by atomic mass is 35.6. The number of halogens is 6. The molecule has 2 rings (SSSR count). The van der Waals surface area contributed by atoms with E-state index in [1.54, 1.807) is 18.2 Å². The van der Waals surface area contributed by atoms with Gasteiger partial charge in [0.05, 0.1) is 6.61 Å². The third-order valence-electron chi connectivity index (χ3n) is 2.60. The van der Waals surface area contributed by atoms with Crippen LogP contribution >= 0.6 is 69.6 Å². The van der Waals surface area contributed by atoms with E-state index in [0.717, 1.165) is 0 Å². The van der Waals surface area contributed by atoms with E-state index in [1.165, 1.54) is 0 Å². The lowest BCUT2D eigenvalue weighted by molar-refractivity contribution is -0.136. The number of benzene rings is 1. The molecule has 112 valence electrons. The van der Waals surface area contributed by atoms with Crippen LogP contribution in [-0.4, -0.2) is 19.0 Å². The summed E-state index contributed by atoms with van der Waals surface area (Å²) in [5.74, 6) is 0.362. The Balaban J connectivity index is 2.47. The molecule has 1 aromatic rings. The minimum atomic E-state index is -1.85. The van der Waals surface area contributed by atoms with E-state index >= 15 is 0 Å². The van der Waals surface area contributed by atoms with Crippen molar-refractivity contribution in [3.05, 3.63) is 29.3 Å². The molecule has 0 radical (unpaired) electrons. The van der Waals surface area contributed by atoms with Crippen LogP contribution in [0, 0.1) is 0 Å². The van der Waals surface area contributed by atoms with Crippen molar-refractivity contribution in [2.45, 2.75) is 26.6 Å². The average Bonchev–Trinajstić information content (AvgIpc) is 2.34.